The predicted octanol–water partition coefficient (Wildman–Crippen LogP) is 1.66. The smallest absolute Gasteiger partial charge is 0.245 e. The molecule has 1 aliphatic rings. The molecular formula is C16H22N2O2. The Morgan fingerprint density at radius 3 is 2.60 bits per heavy atom. The Morgan fingerprint density at radius 1 is 1.25 bits per heavy atom. The molecule has 0 radical (unpaired) electrons. The van der Waals surface area contributed by atoms with E-state index >= 15 is 0 Å². The fraction of sp³-hybridized carbons (Fsp3) is 0.500. The molecule has 1 aliphatic heterocycles. The number of piperazine rings is 1. The molecular weight excluding hydrogens is 252 g/mol. The van der Waals surface area contributed by atoms with Crippen molar-refractivity contribution in [3.8, 4) is 0 Å². The van der Waals surface area contributed by atoms with Crippen molar-refractivity contribution in [1.82, 2.24) is 10.2 Å². The summed E-state index contributed by atoms with van der Waals surface area (Å²) >= 11 is 0. The van der Waals surface area contributed by atoms with Gasteiger partial charge < -0.3 is 10.2 Å². The van der Waals surface area contributed by atoms with Gasteiger partial charge in [0.05, 0.1) is 0 Å². The number of nitrogens with zero attached hydrogens (tertiary/aromatic N) is 1. The number of carbonyl (C=O) groups is 2. The lowest BCUT2D eigenvalue weighted by atomic mass is 10.0. The van der Waals surface area contributed by atoms with Crippen LogP contribution in [0.4, 0.5) is 0 Å². The van der Waals surface area contributed by atoms with E-state index in [1.807, 2.05) is 19.1 Å². The van der Waals surface area contributed by atoms with Gasteiger partial charge in [-0.1, -0.05) is 31.2 Å². The molecule has 1 saturated heterocycles. The Morgan fingerprint density at radius 2 is 1.95 bits per heavy atom. The summed E-state index contributed by atoms with van der Waals surface area (Å²) < 4.78 is 0. The summed E-state index contributed by atoms with van der Waals surface area (Å²) in [5, 5.41) is 2.74. The van der Waals surface area contributed by atoms with Crippen molar-refractivity contribution < 1.29 is 9.59 Å². The average Bonchev–Trinajstić information content (AvgIpc) is 2.42. The fourth-order valence-corrected chi connectivity index (χ4v) is 2.72. The molecule has 1 aromatic rings. The van der Waals surface area contributed by atoms with Crippen LogP contribution < -0.4 is 5.32 Å². The Bertz CT molecular complexity index is 513. The van der Waals surface area contributed by atoms with Crippen LogP contribution in [0, 0.1) is 6.92 Å². The highest BCUT2D eigenvalue weighted by atomic mass is 16.2. The van der Waals surface area contributed by atoms with Crippen LogP contribution in [0.15, 0.2) is 24.3 Å². The predicted molar refractivity (Wildman–Crippen MR) is 78.3 cm³/mol. The molecule has 0 spiro atoms. The number of aryl methyl sites for hydroxylation is 1. The van der Waals surface area contributed by atoms with E-state index in [0.29, 0.717) is 13.0 Å². The molecule has 4 heteroatoms. The van der Waals surface area contributed by atoms with Crippen LogP contribution in [-0.2, 0) is 16.0 Å². The van der Waals surface area contributed by atoms with Crippen molar-refractivity contribution in [3.63, 3.8) is 0 Å². The Kier molecular flexibility index (Phi) is 4.42. The largest absolute Gasteiger partial charge is 0.343 e. The van der Waals surface area contributed by atoms with Crippen LogP contribution in [0.3, 0.4) is 0 Å². The Labute approximate surface area is 120 Å². The maximum Gasteiger partial charge on any atom is 0.245 e. The van der Waals surface area contributed by atoms with Gasteiger partial charge in [0.1, 0.15) is 12.1 Å². The molecule has 0 aliphatic carbocycles. The van der Waals surface area contributed by atoms with Gasteiger partial charge in [0.15, 0.2) is 0 Å². The van der Waals surface area contributed by atoms with E-state index in [4.69, 9.17) is 0 Å². The van der Waals surface area contributed by atoms with Crippen LogP contribution in [0.5, 0.6) is 0 Å². The third-order valence-electron chi connectivity index (χ3n) is 3.96. The average molecular weight is 274 g/mol. The number of amides is 2. The zero-order chi connectivity index (χ0) is 14.7. The number of nitrogens with one attached hydrogen (secondary N) is 1. The van der Waals surface area contributed by atoms with Crippen molar-refractivity contribution in [2.75, 3.05) is 6.54 Å². The molecule has 1 N–H and O–H groups in total. The maximum atomic E-state index is 12.3. The minimum atomic E-state index is -0.415. The van der Waals surface area contributed by atoms with Crippen molar-refractivity contribution >= 4 is 11.8 Å². The van der Waals surface area contributed by atoms with Crippen molar-refractivity contribution in [3.05, 3.63) is 35.4 Å². The van der Waals surface area contributed by atoms with Gasteiger partial charge in [0.25, 0.3) is 0 Å². The lowest BCUT2D eigenvalue weighted by Gasteiger charge is -2.37. The molecule has 0 saturated carbocycles. The summed E-state index contributed by atoms with van der Waals surface area (Å²) in [5.41, 5.74) is 2.45. The molecule has 0 aromatic heterocycles. The molecule has 2 rings (SSSR count). The van der Waals surface area contributed by atoms with Crippen LogP contribution >= 0.6 is 0 Å². The number of benzene rings is 1. The summed E-state index contributed by atoms with van der Waals surface area (Å²) in [5.74, 6) is -0.0191. The number of carbonyl (C=O) groups excluding carboxylic acids is 2. The van der Waals surface area contributed by atoms with Crippen LogP contribution in [0.25, 0.3) is 0 Å². The number of hydrogen-bond donors (Lipinski definition) is 1. The first kappa shape index (κ1) is 14.6. The highest BCUT2D eigenvalue weighted by molar-refractivity contribution is 5.96. The molecule has 1 fully saturated rings. The van der Waals surface area contributed by atoms with Gasteiger partial charge in [-0.15, -0.1) is 0 Å². The molecule has 20 heavy (non-hydrogen) atoms. The second-order valence-electron chi connectivity index (χ2n) is 5.36. The van der Waals surface area contributed by atoms with E-state index in [1.54, 1.807) is 11.8 Å². The summed E-state index contributed by atoms with van der Waals surface area (Å²) in [7, 11) is 0. The summed E-state index contributed by atoms with van der Waals surface area (Å²) in [4.78, 5) is 26.0. The molecule has 2 amide bonds. The fourth-order valence-electron chi connectivity index (χ4n) is 2.72. The molecule has 2 unspecified atom stereocenters. The van der Waals surface area contributed by atoms with Gasteiger partial charge in [0.2, 0.25) is 11.8 Å². The SMILES string of the molecule is CCC1C(=O)NC(C)C(=O)N1CCc1ccccc1C. The van der Waals surface area contributed by atoms with E-state index in [9.17, 15) is 9.59 Å². The minimum absolute atomic E-state index is 0.0186. The second kappa shape index (κ2) is 6.07. The Hall–Kier alpha value is -1.84. The van der Waals surface area contributed by atoms with E-state index in [2.05, 4.69) is 24.4 Å². The van der Waals surface area contributed by atoms with Crippen LogP contribution in [-0.4, -0.2) is 35.3 Å². The lowest BCUT2D eigenvalue weighted by molar-refractivity contribution is -0.148. The van der Waals surface area contributed by atoms with Gasteiger partial charge in [0, 0.05) is 6.54 Å². The van der Waals surface area contributed by atoms with Gasteiger partial charge in [-0.3, -0.25) is 9.59 Å². The lowest BCUT2D eigenvalue weighted by Crippen LogP contribution is -2.62. The van der Waals surface area contributed by atoms with Gasteiger partial charge in [-0.2, -0.15) is 0 Å². The number of rotatable bonds is 4. The van der Waals surface area contributed by atoms with E-state index in [-0.39, 0.29) is 17.9 Å². The summed E-state index contributed by atoms with van der Waals surface area (Å²) in [6.07, 6.45) is 1.44. The minimum Gasteiger partial charge on any atom is -0.343 e. The van der Waals surface area contributed by atoms with Gasteiger partial charge in [-0.05, 0) is 37.8 Å². The Balaban J connectivity index is 2.11. The second-order valence-corrected chi connectivity index (χ2v) is 5.36. The first-order valence-corrected chi connectivity index (χ1v) is 7.20. The standard InChI is InChI=1S/C16H22N2O2/c1-4-14-15(19)17-12(3)16(20)18(14)10-9-13-8-6-5-7-11(13)2/h5-8,12,14H,4,9-10H2,1-3H3,(H,17,19). The van der Waals surface area contributed by atoms with E-state index < -0.39 is 6.04 Å². The molecule has 1 aromatic carbocycles. The monoisotopic (exact) mass is 274 g/mol. The van der Waals surface area contributed by atoms with Gasteiger partial charge >= 0.3 is 0 Å². The highest BCUT2D eigenvalue weighted by Crippen LogP contribution is 2.15. The van der Waals surface area contributed by atoms with E-state index in [1.165, 1.54) is 11.1 Å². The van der Waals surface area contributed by atoms with Crippen LogP contribution in [0.2, 0.25) is 0 Å². The van der Waals surface area contributed by atoms with E-state index in [0.717, 1.165) is 6.42 Å². The normalized spacial score (nSPS) is 22.9. The third-order valence-corrected chi connectivity index (χ3v) is 3.96. The van der Waals surface area contributed by atoms with Crippen LogP contribution in [0.1, 0.15) is 31.4 Å². The third kappa shape index (κ3) is 2.84. The quantitative estimate of drug-likeness (QED) is 0.908. The van der Waals surface area contributed by atoms with Gasteiger partial charge in [-0.25, -0.2) is 0 Å². The van der Waals surface area contributed by atoms with Crippen molar-refractivity contribution in [2.45, 2.75) is 45.7 Å². The topological polar surface area (TPSA) is 49.4 Å². The molecule has 108 valence electrons. The molecule has 2 atom stereocenters. The van der Waals surface area contributed by atoms with Crippen molar-refractivity contribution in [2.24, 2.45) is 0 Å². The zero-order valence-corrected chi connectivity index (χ0v) is 12.3. The first-order chi connectivity index (χ1) is 9.54. The molecule has 4 nitrogen and oxygen atoms in total. The highest BCUT2D eigenvalue weighted by Gasteiger charge is 2.36. The summed E-state index contributed by atoms with van der Waals surface area (Å²) in [6.45, 7) is 6.35. The molecule has 0 bridgehead atoms. The zero-order valence-electron chi connectivity index (χ0n) is 12.3. The summed E-state index contributed by atoms with van der Waals surface area (Å²) in [6, 6.07) is 7.42. The first-order valence-electron chi connectivity index (χ1n) is 7.20. The van der Waals surface area contributed by atoms with Crippen molar-refractivity contribution in [1.29, 1.82) is 0 Å². The molecule has 1 heterocycles. The maximum absolute atomic E-state index is 12.3. The number of hydrogen-bond acceptors (Lipinski definition) is 2.